The van der Waals surface area contributed by atoms with E-state index in [1.165, 1.54) is 16.9 Å². The number of thiazole rings is 1. The summed E-state index contributed by atoms with van der Waals surface area (Å²) in [6, 6.07) is 21.2. The number of carbonyl (C=O) groups is 2. The van der Waals surface area contributed by atoms with Crippen LogP contribution in [-0.4, -0.2) is 28.7 Å². The third-order valence-electron chi connectivity index (χ3n) is 5.29. The molecule has 0 aliphatic rings. The van der Waals surface area contributed by atoms with Crippen molar-refractivity contribution in [3.63, 3.8) is 0 Å². The zero-order chi connectivity index (χ0) is 24.8. The quantitative estimate of drug-likeness (QED) is 0.267. The highest BCUT2D eigenvalue weighted by atomic mass is 32.1. The summed E-state index contributed by atoms with van der Waals surface area (Å²) in [5.41, 5.74) is 6.11. The van der Waals surface area contributed by atoms with E-state index in [2.05, 4.69) is 15.6 Å². The highest BCUT2D eigenvalue weighted by Crippen LogP contribution is 2.27. The van der Waals surface area contributed by atoms with E-state index in [-0.39, 0.29) is 5.91 Å². The number of amides is 2. The summed E-state index contributed by atoms with van der Waals surface area (Å²) in [4.78, 5) is 28.0. The first-order chi connectivity index (χ1) is 16.9. The van der Waals surface area contributed by atoms with E-state index in [0.717, 1.165) is 22.4 Å². The molecule has 4 rings (SSSR count). The highest BCUT2D eigenvalue weighted by molar-refractivity contribution is 7.13. The third-order valence-corrected chi connectivity index (χ3v) is 6.09. The van der Waals surface area contributed by atoms with Gasteiger partial charge in [-0.05, 0) is 55.3 Å². The first kappa shape index (κ1) is 24.0. The lowest BCUT2D eigenvalue weighted by Crippen LogP contribution is -2.13. The molecule has 8 heteroatoms. The topological polar surface area (TPSA) is 101 Å². The number of hydrogen-bond donors (Lipinski definition) is 3. The predicted octanol–water partition coefficient (Wildman–Crippen LogP) is 6.39. The Labute approximate surface area is 207 Å². The van der Waals surface area contributed by atoms with Crippen molar-refractivity contribution >= 4 is 34.2 Å². The van der Waals surface area contributed by atoms with Crippen LogP contribution in [-0.2, 0) is 6.42 Å². The number of benzene rings is 3. The molecule has 4 aromatic rings. The molecule has 7 nitrogen and oxygen atoms in total. The van der Waals surface area contributed by atoms with Gasteiger partial charge in [0.05, 0.1) is 12.3 Å². The molecule has 1 heterocycles. The van der Waals surface area contributed by atoms with Crippen molar-refractivity contribution in [2.45, 2.75) is 20.3 Å². The van der Waals surface area contributed by atoms with Gasteiger partial charge in [0.2, 0.25) is 0 Å². The Bertz CT molecular complexity index is 1330. The summed E-state index contributed by atoms with van der Waals surface area (Å²) in [6.07, 6.45) is -0.589. The number of anilines is 2. The van der Waals surface area contributed by atoms with Crippen molar-refractivity contribution in [3.05, 3.63) is 94.5 Å². The molecule has 0 spiro atoms. The van der Waals surface area contributed by atoms with Gasteiger partial charge in [-0.2, -0.15) is 0 Å². The number of aryl methyl sites for hydroxylation is 2. The maximum atomic E-state index is 13.1. The Morgan fingerprint density at radius 1 is 0.943 bits per heavy atom. The third kappa shape index (κ3) is 6.45. The number of rotatable bonds is 8. The summed E-state index contributed by atoms with van der Waals surface area (Å²) >= 11 is 1.23. The van der Waals surface area contributed by atoms with Crippen LogP contribution in [0, 0.1) is 13.8 Å². The molecule has 0 saturated heterocycles. The molecule has 0 radical (unpaired) electrons. The van der Waals surface area contributed by atoms with Crippen molar-refractivity contribution in [2.75, 3.05) is 17.2 Å². The minimum absolute atomic E-state index is 0.174. The Kier molecular flexibility index (Phi) is 7.42. The van der Waals surface area contributed by atoms with E-state index in [1.54, 1.807) is 29.6 Å². The van der Waals surface area contributed by atoms with E-state index < -0.39 is 6.09 Å². The Hall–Kier alpha value is -4.17. The van der Waals surface area contributed by atoms with Crippen LogP contribution in [0.3, 0.4) is 0 Å². The summed E-state index contributed by atoms with van der Waals surface area (Å²) in [5, 5.41) is 16.1. The second-order valence-corrected chi connectivity index (χ2v) is 8.92. The van der Waals surface area contributed by atoms with E-state index >= 15 is 0 Å². The maximum Gasteiger partial charge on any atom is 0.410 e. The van der Waals surface area contributed by atoms with Crippen LogP contribution in [0.5, 0.6) is 5.75 Å². The smallest absolute Gasteiger partial charge is 0.410 e. The normalized spacial score (nSPS) is 10.6. The molecule has 178 valence electrons. The molecule has 0 aliphatic heterocycles. The van der Waals surface area contributed by atoms with Crippen LogP contribution in [0.25, 0.3) is 11.1 Å². The summed E-state index contributed by atoms with van der Waals surface area (Å²) in [7, 11) is 0. The van der Waals surface area contributed by atoms with Gasteiger partial charge in [0.1, 0.15) is 5.75 Å². The molecule has 0 aliphatic carbocycles. The first-order valence-corrected chi connectivity index (χ1v) is 11.9. The van der Waals surface area contributed by atoms with Crippen molar-refractivity contribution in [2.24, 2.45) is 0 Å². The standard InChI is InChI=1S/C27H25N3O4S/c1-17-3-6-19(7-4-17)23-12-5-18(2)15-24(23)25(31)28-20-8-10-22(11-9-20)34-14-13-21-16-35-26(29-21)30-27(32)33/h3-12,15-16H,13-14H2,1-2H3,(H,28,31)(H,29,30)(H,32,33). The highest BCUT2D eigenvalue weighted by Gasteiger charge is 2.14. The van der Waals surface area contributed by atoms with Crippen LogP contribution in [0.15, 0.2) is 72.1 Å². The number of carboxylic acid groups (broad SMARTS) is 1. The number of nitrogens with zero attached hydrogens (tertiary/aromatic N) is 1. The van der Waals surface area contributed by atoms with Crippen LogP contribution < -0.4 is 15.4 Å². The minimum Gasteiger partial charge on any atom is -0.493 e. The van der Waals surface area contributed by atoms with E-state index in [9.17, 15) is 9.59 Å². The fourth-order valence-corrected chi connectivity index (χ4v) is 4.24. The molecule has 1 aromatic heterocycles. The van der Waals surface area contributed by atoms with Crippen molar-refractivity contribution < 1.29 is 19.4 Å². The van der Waals surface area contributed by atoms with E-state index in [4.69, 9.17) is 9.84 Å². The molecule has 0 unspecified atom stereocenters. The van der Waals surface area contributed by atoms with Crippen molar-refractivity contribution in [1.29, 1.82) is 0 Å². The van der Waals surface area contributed by atoms with Crippen LogP contribution in [0.1, 0.15) is 27.2 Å². The van der Waals surface area contributed by atoms with E-state index in [1.807, 2.05) is 56.3 Å². The van der Waals surface area contributed by atoms with Gasteiger partial charge in [0, 0.05) is 23.1 Å². The molecule has 0 saturated carbocycles. The fraction of sp³-hybridized carbons (Fsp3) is 0.148. The molecule has 3 N–H and O–H groups in total. The van der Waals surface area contributed by atoms with Gasteiger partial charge in [-0.3, -0.25) is 10.1 Å². The molecular formula is C27H25N3O4S. The van der Waals surface area contributed by atoms with E-state index in [0.29, 0.717) is 35.2 Å². The number of ether oxygens (including phenoxy) is 1. The second kappa shape index (κ2) is 10.8. The summed E-state index contributed by atoms with van der Waals surface area (Å²) in [5.74, 6) is 0.491. The molecule has 2 amide bonds. The Morgan fingerprint density at radius 2 is 1.66 bits per heavy atom. The van der Waals surface area contributed by atoms with Gasteiger partial charge in [-0.25, -0.2) is 9.78 Å². The number of hydrogen-bond acceptors (Lipinski definition) is 5. The zero-order valence-corrected chi connectivity index (χ0v) is 20.2. The van der Waals surface area contributed by atoms with Gasteiger partial charge in [-0.1, -0.05) is 47.5 Å². The Balaban J connectivity index is 1.37. The largest absolute Gasteiger partial charge is 0.493 e. The van der Waals surface area contributed by atoms with Crippen molar-refractivity contribution in [1.82, 2.24) is 4.98 Å². The summed E-state index contributed by atoms with van der Waals surface area (Å²) < 4.78 is 5.76. The van der Waals surface area contributed by atoms with Crippen LogP contribution in [0.4, 0.5) is 15.6 Å². The average Bonchev–Trinajstić information content (AvgIpc) is 3.27. The van der Waals surface area contributed by atoms with Gasteiger partial charge in [0.15, 0.2) is 5.13 Å². The second-order valence-electron chi connectivity index (χ2n) is 8.07. The lowest BCUT2D eigenvalue weighted by molar-refractivity contribution is 0.102. The molecule has 0 atom stereocenters. The molecule has 0 bridgehead atoms. The lowest BCUT2D eigenvalue weighted by Gasteiger charge is -2.12. The molecule has 0 fully saturated rings. The van der Waals surface area contributed by atoms with Gasteiger partial charge in [-0.15, -0.1) is 11.3 Å². The predicted molar refractivity (Wildman–Crippen MR) is 139 cm³/mol. The fourth-order valence-electron chi connectivity index (χ4n) is 3.51. The lowest BCUT2D eigenvalue weighted by atomic mass is 9.96. The van der Waals surface area contributed by atoms with Gasteiger partial charge in [0.25, 0.3) is 5.91 Å². The SMILES string of the molecule is Cc1ccc(-c2ccc(C)cc2C(=O)Nc2ccc(OCCc3csc(NC(=O)O)n3)cc2)cc1. The Morgan fingerprint density at radius 3 is 2.37 bits per heavy atom. The first-order valence-electron chi connectivity index (χ1n) is 11.0. The van der Waals surface area contributed by atoms with Crippen molar-refractivity contribution in [3.8, 4) is 16.9 Å². The molecule has 3 aromatic carbocycles. The number of aromatic nitrogens is 1. The van der Waals surface area contributed by atoms with Gasteiger partial charge >= 0.3 is 6.09 Å². The number of carbonyl (C=O) groups excluding carboxylic acids is 1. The average molecular weight is 488 g/mol. The minimum atomic E-state index is -1.14. The van der Waals surface area contributed by atoms with Crippen LogP contribution in [0.2, 0.25) is 0 Å². The summed E-state index contributed by atoms with van der Waals surface area (Å²) in [6.45, 7) is 4.40. The maximum absolute atomic E-state index is 13.1. The number of nitrogens with one attached hydrogen (secondary N) is 2. The molecule has 35 heavy (non-hydrogen) atoms. The monoisotopic (exact) mass is 487 g/mol. The van der Waals surface area contributed by atoms with Gasteiger partial charge < -0.3 is 15.2 Å². The molecular weight excluding hydrogens is 462 g/mol. The van der Waals surface area contributed by atoms with Crippen LogP contribution >= 0.6 is 11.3 Å². The zero-order valence-electron chi connectivity index (χ0n) is 19.4.